The molecule has 1 rings (SSSR count). The Morgan fingerprint density at radius 1 is 1.09 bits per heavy atom. The van der Waals surface area contributed by atoms with Crippen LogP contribution >= 0.6 is 0 Å². The monoisotopic (exact) mass is 156 g/mol. The van der Waals surface area contributed by atoms with Crippen molar-refractivity contribution < 1.29 is 5.11 Å². The van der Waals surface area contributed by atoms with Crippen molar-refractivity contribution in [2.24, 2.45) is 11.8 Å². The molecule has 0 heterocycles. The van der Waals surface area contributed by atoms with Gasteiger partial charge >= 0.3 is 0 Å². The Bertz CT molecular complexity index is 115. The van der Waals surface area contributed by atoms with Crippen LogP contribution in [0.3, 0.4) is 0 Å². The van der Waals surface area contributed by atoms with Gasteiger partial charge in [0.2, 0.25) is 0 Å². The van der Waals surface area contributed by atoms with Crippen molar-refractivity contribution in [3.63, 3.8) is 0 Å². The third kappa shape index (κ3) is 2.48. The van der Waals surface area contributed by atoms with Crippen LogP contribution in [0.1, 0.15) is 46.5 Å². The van der Waals surface area contributed by atoms with Crippen molar-refractivity contribution in [3.05, 3.63) is 0 Å². The lowest BCUT2D eigenvalue weighted by molar-refractivity contribution is 0.0429. The SMILES string of the molecule is CC1CCC(C)(O)CCC1C. The van der Waals surface area contributed by atoms with Crippen LogP contribution in [0.15, 0.2) is 0 Å². The van der Waals surface area contributed by atoms with E-state index < -0.39 is 0 Å². The largest absolute Gasteiger partial charge is 0.390 e. The van der Waals surface area contributed by atoms with E-state index in [1.165, 1.54) is 12.8 Å². The lowest BCUT2D eigenvalue weighted by Crippen LogP contribution is -2.22. The molecule has 0 amide bonds. The molecule has 2 atom stereocenters. The summed E-state index contributed by atoms with van der Waals surface area (Å²) in [6.07, 6.45) is 4.35. The van der Waals surface area contributed by atoms with Gasteiger partial charge in [-0.05, 0) is 44.4 Å². The van der Waals surface area contributed by atoms with E-state index in [1.807, 2.05) is 6.92 Å². The molecule has 1 aliphatic rings. The Balaban J connectivity index is 2.51. The maximum atomic E-state index is 9.79. The Labute approximate surface area is 69.8 Å². The molecular formula is C10H20O. The second kappa shape index (κ2) is 3.14. The zero-order valence-electron chi connectivity index (χ0n) is 7.93. The van der Waals surface area contributed by atoms with Gasteiger partial charge in [0.25, 0.3) is 0 Å². The smallest absolute Gasteiger partial charge is 0.0620 e. The normalized spacial score (nSPS) is 46.9. The maximum absolute atomic E-state index is 9.79. The summed E-state index contributed by atoms with van der Waals surface area (Å²) in [4.78, 5) is 0. The van der Waals surface area contributed by atoms with Crippen LogP contribution in [0.4, 0.5) is 0 Å². The zero-order chi connectivity index (χ0) is 8.48. The van der Waals surface area contributed by atoms with Gasteiger partial charge in [-0.15, -0.1) is 0 Å². The first-order valence-corrected chi connectivity index (χ1v) is 4.74. The van der Waals surface area contributed by atoms with Crippen LogP contribution < -0.4 is 0 Å². The molecule has 0 aromatic heterocycles. The van der Waals surface area contributed by atoms with Gasteiger partial charge in [-0.1, -0.05) is 13.8 Å². The minimum absolute atomic E-state index is 0.376. The molecule has 66 valence electrons. The molecule has 2 unspecified atom stereocenters. The van der Waals surface area contributed by atoms with Crippen molar-refractivity contribution in [2.75, 3.05) is 0 Å². The summed E-state index contributed by atoms with van der Waals surface area (Å²) in [5, 5.41) is 9.79. The first-order valence-electron chi connectivity index (χ1n) is 4.74. The molecule has 0 saturated heterocycles. The fourth-order valence-electron chi connectivity index (χ4n) is 1.77. The number of hydrogen-bond donors (Lipinski definition) is 1. The number of rotatable bonds is 0. The summed E-state index contributed by atoms with van der Waals surface area (Å²) >= 11 is 0. The van der Waals surface area contributed by atoms with Crippen LogP contribution in [0.5, 0.6) is 0 Å². The molecule has 0 bridgehead atoms. The summed E-state index contributed by atoms with van der Waals surface area (Å²) in [6, 6.07) is 0. The molecule has 1 N–H and O–H groups in total. The quantitative estimate of drug-likeness (QED) is 0.534. The zero-order valence-corrected chi connectivity index (χ0v) is 7.93. The van der Waals surface area contributed by atoms with Crippen molar-refractivity contribution in [1.29, 1.82) is 0 Å². The van der Waals surface area contributed by atoms with Gasteiger partial charge in [0, 0.05) is 0 Å². The van der Waals surface area contributed by atoms with Gasteiger partial charge in [0.05, 0.1) is 5.60 Å². The molecule has 1 saturated carbocycles. The van der Waals surface area contributed by atoms with Gasteiger partial charge in [-0.3, -0.25) is 0 Å². The van der Waals surface area contributed by atoms with E-state index in [4.69, 9.17) is 0 Å². The van der Waals surface area contributed by atoms with Crippen LogP contribution in [0.2, 0.25) is 0 Å². The molecule has 0 spiro atoms. The van der Waals surface area contributed by atoms with Crippen molar-refractivity contribution in [1.82, 2.24) is 0 Å². The fourth-order valence-corrected chi connectivity index (χ4v) is 1.77. The van der Waals surface area contributed by atoms with Crippen molar-refractivity contribution in [3.8, 4) is 0 Å². The second-order valence-electron chi connectivity index (χ2n) is 4.53. The van der Waals surface area contributed by atoms with E-state index in [0.717, 1.165) is 24.7 Å². The molecule has 11 heavy (non-hydrogen) atoms. The highest BCUT2D eigenvalue weighted by Gasteiger charge is 2.27. The van der Waals surface area contributed by atoms with E-state index in [-0.39, 0.29) is 5.60 Å². The Morgan fingerprint density at radius 2 is 1.45 bits per heavy atom. The van der Waals surface area contributed by atoms with E-state index in [1.54, 1.807) is 0 Å². The Kier molecular flexibility index (Phi) is 2.58. The average Bonchev–Trinajstić information content (AvgIpc) is 2.03. The molecule has 1 fully saturated rings. The Morgan fingerprint density at radius 3 is 1.82 bits per heavy atom. The average molecular weight is 156 g/mol. The van der Waals surface area contributed by atoms with Crippen LogP contribution in [-0.2, 0) is 0 Å². The molecule has 1 aliphatic carbocycles. The standard InChI is InChI=1S/C10H20O/c1-8-4-6-10(3,11)7-5-9(8)2/h8-9,11H,4-7H2,1-3H3. The van der Waals surface area contributed by atoms with Gasteiger partial charge in [-0.2, -0.15) is 0 Å². The molecule has 0 aromatic carbocycles. The molecule has 0 radical (unpaired) electrons. The summed E-state index contributed by atoms with van der Waals surface area (Å²) in [7, 11) is 0. The number of hydrogen-bond acceptors (Lipinski definition) is 1. The molecule has 1 heteroatoms. The Hall–Kier alpha value is -0.0400. The third-order valence-corrected chi connectivity index (χ3v) is 3.25. The van der Waals surface area contributed by atoms with Crippen LogP contribution in [0, 0.1) is 11.8 Å². The summed E-state index contributed by atoms with van der Waals surface area (Å²) in [6.45, 7) is 6.57. The minimum Gasteiger partial charge on any atom is -0.390 e. The fraction of sp³-hybridized carbons (Fsp3) is 1.00. The highest BCUT2D eigenvalue weighted by molar-refractivity contribution is 4.80. The summed E-state index contributed by atoms with van der Waals surface area (Å²) in [5.41, 5.74) is -0.376. The predicted octanol–water partition coefficient (Wildman–Crippen LogP) is 2.58. The van der Waals surface area contributed by atoms with E-state index in [9.17, 15) is 5.11 Å². The number of aliphatic hydroxyl groups is 1. The minimum atomic E-state index is -0.376. The van der Waals surface area contributed by atoms with Gasteiger partial charge in [0.1, 0.15) is 0 Å². The second-order valence-corrected chi connectivity index (χ2v) is 4.53. The van der Waals surface area contributed by atoms with Crippen molar-refractivity contribution in [2.45, 2.75) is 52.1 Å². The summed E-state index contributed by atoms with van der Waals surface area (Å²) < 4.78 is 0. The lowest BCUT2D eigenvalue weighted by Gasteiger charge is -2.20. The third-order valence-electron chi connectivity index (χ3n) is 3.25. The molecule has 1 nitrogen and oxygen atoms in total. The van der Waals surface area contributed by atoms with Gasteiger partial charge < -0.3 is 5.11 Å². The molecular weight excluding hydrogens is 136 g/mol. The highest BCUT2D eigenvalue weighted by Crippen LogP contribution is 2.33. The highest BCUT2D eigenvalue weighted by atomic mass is 16.3. The lowest BCUT2D eigenvalue weighted by atomic mass is 9.92. The van der Waals surface area contributed by atoms with Crippen LogP contribution in [0.25, 0.3) is 0 Å². The first kappa shape index (κ1) is 9.05. The maximum Gasteiger partial charge on any atom is 0.0620 e. The van der Waals surface area contributed by atoms with E-state index >= 15 is 0 Å². The van der Waals surface area contributed by atoms with Gasteiger partial charge in [0.15, 0.2) is 0 Å². The van der Waals surface area contributed by atoms with E-state index in [2.05, 4.69) is 13.8 Å². The first-order chi connectivity index (χ1) is 5.01. The predicted molar refractivity (Wildman–Crippen MR) is 47.4 cm³/mol. The van der Waals surface area contributed by atoms with E-state index in [0.29, 0.717) is 0 Å². The topological polar surface area (TPSA) is 20.2 Å². The molecule has 0 aromatic rings. The van der Waals surface area contributed by atoms with Gasteiger partial charge in [-0.25, -0.2) is 0 Å². The molecule has 0 aliphatic heterocycles. The summed E-state index contributed by atoms with van der Waals surface area (Å²) in [5.74, 6) is 1.59. The van der Waals surface area contributed by atoms with Crippen LogP contribution in [-0.4, -0.2) is 10.7 Å². The van der Waals surface area contributed by atoms with Crippen molar-refractivity contribution >= 4 is 0 Å².